The molecule has 0 bridgehead atoms. The van der Waals surface area contributed by atoms with E-state index in [1.807, 2.05) is 18.2 Å². The van der Waals surface area contributed by atoms with Crippen LogP contribution in [0.25, 0.3) is 0 Å². The Morgan fingerprint density at radius 3 is 2.04 bits per heavy atom. The first-order valence-corrected chi connectivity index (χ1v) is 9.59. The Morgan fingerprint density at radius 2 is 1.37 bits per heavy atom. The number of rotatable bonds is 7. The summed E-state index contributed by atoms with van der Waals surface area (Å²) in [6, 6.07) is 31.5. The third-order valence-electron chi connectivity index (χ3n) is 4.98. The number of benzene rings is 3. The van der Waals surface area contributed by atoms with Gasteiger partial charge in [-0.25, -0.2) is 0 Å². The molecular weight excluding hydrogens is 334 g/mol. The molecule has 1 aliphatic rings. The first kappa shape index (κ1) is 17.9. The van der Waals surface area contributed by atoms with E-state index in [4.69, 9.17) is 9.47 Å². The Kier molecular flexibility index (Phi) is 5.95. The van der Waals surface area contributed by atoms with Crippen molar-refractivity contribution in [1.29, 1.82) is 0 Å². The molecule has 0 saturated carbocycles. The standard InChI is InChI=1S/C24H25NO2/c1-4-10-20(11-5-1)16-25-17-23(19-26-18-21-12-6-2-7-13-21)27-24(25)22-14-8-3-9-15-22/h1-15,23-24H,16-19H2/p+1/t23-,24+/m0/s1. The summed E-state index contributed by atoms with van der Waals surface area (Å²) in [6.45, 7) is 3.15. The molecule has 0 radical (unpaired) electrons. The zero-order chi connectivity index (χ0) is 18.3. The van der Waals surface area contributed by atoms with Gasteiger partial charge in [-0.15, -0.1) is 0 Å². The molecule has 1 aliphatic heterocycles. The molecule has 3 heteroatoms. The van der Waals surface area contributed by atoms with E-state index in [2.05, 4.69) is 72.8 Å². The fraction of sp³-hybridized carbons (Fsp3) is 0.250. The van der Waals surface area contributed by atoms with E-state index >= 15 is 0 Å². The quantitative estimate of drug-likeness (QED) is 0.698. The summed E-state index contributed by atoms with van der Waals surface area (Å²) in [5.74, 6) is 0. The van der Waals surface area contributed by atoms with E-state index < -0.39 is 0 Å². The molecule has 138 valence electrons. The van der Waals surface area contributed by atoms with Crippen molar-refractivity contribution in [1.82, 2.24) is 0 Å². The van der Waals surface area contributed by atoms with Crippen LogP contribution >= 0.6 is 0 Å². The summed E-state index contributed by atoms with van der Waals surface area (Å²) < 4.78 is 12.4. The van der Waals surface area contributed by atoms with E-state index in [9.17, 15) is 0 Å². The van der Waals surface area contributed by atoms with Crippen LogP contribution in [0.1, 0.15) is 22.9 Å². The van der Waals surface area contributed by atoms with Crippen molar-refractivity contribution < 1.29 is 14.4 Å². The molecule has 3 aromatic rings. The van der Waals surface area contributed by atoms with Crippen molar-refractivity contribution in [2.75, 3.05) is 13.2 Å². The first-order valence-electron chi connectivity index (χ1n) is 9.59. The van der Waals surface area contributed by atoms with Crippen molar-refractivity contribution in [2.24, 2.45) is 0 Å². The molecule has 3 aromatic carbocycles. The Labute approximate surface area is 161 Å². The molecule has 3 atom stereocenters. The van der Waals surface area contributed by atoms with Crippen molar-refractivity contribution in [3.05, 3.63) is 108 Å². The predicted molar refractivity (Wildman–Crippen MR) is 106 cm³/mol. The van der Waals surface area contributed by atoms with E-state index in [-0.39, 0.29) is 12.3 Å². The summed E-state index contributed by atoms with van der Waals surface area (Å²) >= 11 is 0. The van der Waals surface area contributed by atoms with Gasteiger partial charge < -0.3 is 9.47 Å². The predicted octanol–water partition coefficient (Wildman–Crippen LogP) is 3.39. The second kappa shape index (κ2) is 8.96. The van der Waals surface area contributed by atoms with Gasteiger partial charge in [-0.05, 0) is 5.56 Å². The van der Waals surface area contributed by atoms with Gasteiger partial charge in [-0.3, -0.25) is 4.90 Å². The van der Waals surface area contributed by atoms with Crippen LogP contribution < -0.4 is 4.90 Å². The van der Waals surface area contributed by atoms with Crippen LogP contribution in [0, 0.1) is 0 Å². The molecule has 1 N–H and O–H groups in total. The molecule has 0 aliphatic carbocycles. The lowest BCUT2D eigenvalue weighted by molar-refractivity contribution is -0.945. The maximum Gasteiger partial charge on any atom is 0.219 e. The number of nitrogens with one attached hydrogen (secondary N) is 1. The highest BCUT2D eigenvalue weighted by atomic mass is 16.6. The van der Waals surface area contributed by atoms with Gasteiger partial charge in [0, 0.05) is 11.1 Å². The average molecular weight is 360 g/mol. The second-order valence-electron chi connectivity index (χ2n) is 7.07. The summed E-state index contributed by atoms with van der Waals surface area (Å²) in [6.07, 6.45) is 0.161. The number of quaternary nitrogens is 1. The van der Waals surface area contributed by atoms with Crippen LogP contribution in [-0.4, -0.2) is 19.3 Å². The first-order chi connectivity index (χ1) is 13.4. The normalized spacial score (nSPS) is 22.0. The molecule has 0 aromatic heterocycles. The summed E-state index contributed by atoms with van der Waals surface area (Å²) in [5.41, 5.74) is 3.76. The van der Waals surface area contributed by atoms with E-state index in [1.54, 1.807) is 0 Å². The maximum atomic E-state index is 6.41. The largest absolute Gasteiger partial charge is 0.374 e. The topological polar surface area (TPSA) is 22.9 Å². The summed E-state index contributed by atoms with van der Waals surface area (Å²) in [4.78, 5) is 1.43. The molecule has 1 heterocycles. The molecular formula is C24H26NO2+. The lowest BCUT2D eigenvalue weighted by Crippen LogP contribution is -3.09. The van der Waals surface area contributed by atoms with Gasteiger partial charge in [0.15, 0.2) is 0 Å². The molecule has 1 unspecified atom stereocenters. The van der Waals surface area contributed by atoms with Crippen molar-refractivity contribution in [3.8, 4) is 0 Å². The molecule has 0 spiro atoms. The van der Waals surface area contributed by atoms with Crippen LogP contribution in [-0.2, 0) is 22.6 Å². The van der Waals surface area contributed by atoms with Crippen LogP contribution in [0.5, 0.6) is 0 Å². The highest BCUT2D eigenvalue weighted by molar-refractivity contribution is 5.17. The Morgan fingerprint density at radius 1 is 0.778 bits per heavy atom. The lowest BCUT2D eigenvalue weighted by atomic mass is 10.1. The van der Waals surface area contributed by atoms with Gasteiger partial charge in [0.05, 0.1) is 13.2 Å². The molecule has 27 heavy (non-hydrogen) atoms. The molecule has 0 amide bonds. The van der Waals surface area contributed by atoms with Crippen LogP contribution in [0.2, 0.25) is 0 Å². The van der Waals surface area contributed by atoms with E-state index in [1.165, 1.54) is 21.6 Å². The summed E-state index contributed by atoms with van der Waals surface area (Å²) in [7, 11) is 0. The Hall–Kier alpha value is -2.46. The number of hydrogen-bond donors (Lipinski definition) is 1. The van der Waals surface area contributed by atoms with Gasteiger partial charge in [-0.2, -0.15) is 0 Å². The number of ether oxygens (including phenoxy) is 2. The highest BCUT2D eigenvalue weighted by Gasteiger charge is 2.37. The van der Waals surface area contributed by atoms with E-state index in [0.29, 0.717) is 13.2 Å². The zero-order valence-electron chi connectivity index (χ0n) is 15.5. The van der Waals surface area contributed by atoms with Crippen molar-refractivity contribution >= 4 is 0 Å². The van der Waals surface area contributed by atoms with Gasteiger partial charge in [0.25, 0.3) is 0 Å². The van der Waals surface area contributed by atoms with Gasteiger partial charge in [-0.1, -0.05) is 91.0 Å². The Bertz CT molecular complexity index is 808. The number of hydrogen-bond acceptors (Lipinski definition) is 2. The minimum Gasteiger partial charge on any atom is -0.374 e. The van der Waals surface area contributed by atoms with Gasteiger partial charge in [0.1, 0.15) is 19.2 Å². The average Bonchev–Trinajstić information content (AvgIpc) is 3.13. The smallest absolute Gasteiger partial charge is 0.219 e. The van der Waals surface area contributed by atoms with Crippen molar-refractivity contribution in [2.45, 2.75) is 25.5 Å². The van der Waals surface area contributed by atoms with Crippen molar-refractivity contribution in [3.63, 3.8) is 0 Å². The summed E-state index contributed by atoms with van der Waals surface area (Å²) in [5, 5.41) is 0. The molecule has 4 rings (SSSR count). The highest BCUT2D eigenvalue weighted by Crippen LogP contribution is 2.18. The fourth-order valence-electron chi connectivity index (χ4n) is 3.68. The second-order valence-corrected chi connectivity index (χ2v) is 7.07. The minimum absolute atomic E-state index is 0.0525. The zero-order valence-corrected chi connectivity index (χ0v) is 15.5. The Balaban J connectivity index is 1.40. The lowest BCUT2D eigenvalue weighted by Gasteiger charge is -2.20. The molecule has 3 nitrogen and oxygen atoms in total. The minimum atomic E-state index is 0.0525. The van der Waals surface area contributed by atoms with E-state index in [0.717, 1.165) is 13.1 Å². The fourth-order valence-corrected chi connectivity index (χ4v) is 3.68. The van der Waals surface area contributed by atoms with Gasteiger partial charge in [0.2, 0.25) is 6.23 Å². The van der Waals surface area contributed by atoms with Crippen LogP contribution in [0.4, 0.5) is 0 Å². The monoisotopic (exact) mass is 360 g/mol. The maximum absolute atomic E-state index is 6.41. The molecule has 1 fully saturated rings. The van der Waals surface area contributed by atoms with Crippen LogP contribution in [0.3, 0.4) is 0 Å². The third kappa shape index (κ3) is 4.83. The van der Waals surface area contributed by atoms with Crippen LogP contribution in [0.15, 0.2) is 91.0 Å². The molecule has 1 saturated heterocycles. The third-order valence-corrected chi connectivity index (χ3v) is 4.98. The van der Waals surface area contributed by atoms with Gasteiger partial charge >= 0.3 is 0 Å². The SMILES string of the molecule is c1ccc(COC[C@@H]2C[NH+](Cc3ccccc3)[C@@H](c3ccccc3)O2)cc1.